The highest BCUT2D eigenvalue weighted by Crippen LogP contribution is 2.37. The molecule has 0 spiro atoms. The molecule has 4 nitrogen and oxygen atoms in total. The smallest absolute Gasteiger partial charge is 0.223 e. The van der Waals surface area contributed by atoms with Crippen LogP contribution < -0.4 is 5.73 Å². The van der Waals surface area contributed by atoms with Crippen LogP contribution in [0.4, 0.5) is 0 Å². The van der Waals surface area contributed by atoms with E-state index in [0.717, 1.165) is 5.56 Å². The summed E-state index contributed by atoms with van der Waals surface area (Å²) in [6.45, 7) is 0. The predicted molar refractivity (Wildman–Crippen MR) is 64.3 cm³/mol. The van der Waals surface area contributed by atoms with Crippen LogP contribution in [0.1, 0.15) is 18.0 Å². The Labute approximate surface area is 104 Å². The number of carbonyl (C=O) groups is 2. The summed E-state index contributed by atoms with van der Waals surface area (Å²) in [5, 5.41) is 0.582. The van der Waals surface area contributed by atoms with Crippen LogP contribution in [0.5, 0.6) is 0 Å². The minimum absolute atomic E-state index is 0.0706. The Bertz CT molecular complexity index is 475. The molecule has 2 N–H and O–H groups in total. The van der Waals surface area contributed by atoms with Crippen LogP contribution in [0.2, 0.25) is 5.02 Å². The van der Waals surface area contributed by atoms with Crippen molar-refractivity contribution >= 4 is 23.4 Å². The van der Waals surface area contributed by atoms with Crippen LogP contribution in [-0.4, -0.2) is 23.8 Å². The Kier molecular flexibility index (Phi) is 3.07. The van der Waals surface area contributed by atoms with Gasteiger partial charge in [-0.2, -0.15) is 0 Å². The average molecular weight is 253 g/mol. The average Bonchev–Trinajstić information content (AvgIpc) is 2.56. The van der Waals surface area contributed by atoms with Gasteiger partial charge in [0.25, 0.3) is 0 Å². The molecule has 0 radical (unpaired) electrons. The van der Waals surface area contributed by atoms with Gasteiger partial charge in [0.05, 0.1) is 12.0 Å². The number of hydrogen-bond acceptors (Lipinski definition) is 2. The van der Waals surface area contributed by atoms with Gasteiger partial charge in [-0.05, 0) is 17.7 Å². The molecule has 1 heterocycles. The molecule has 1 aliphatic rings. The molecule has 2 amide bonds. The summed E-state index contributed by atoms with van der Waals surface area (Å²) in [5.41, 5.74) is 6.18. The second-order valence-electron chi connectivity index (χ2n) is 4.22. The summed E-state index contributed by atoms with van der Waals surface area (Å²) < 4.78 is 0. The Morgan fingerprint density at radius 2 is 2.24 bits per heavy atom. The number of benzene rings is 1. The molecule has 5 heteroatoms. The number of rotatable bonds is 2. The van der Waals surface area contributed by atoms with Gasteiger partial charge >= 0.3 is 0 Å². The van der Waals surface area contributed by atoms with Crippen molar-refractivity contribution in [3.8, 4) is 0 Å². The molecule has 0 bridgehead atoms. The number of halogens is 1. The number of nitrogens with zero attached hydrogens (tertiary/aromatic N) is 1. The van der Waals surface area contributed by atoms with E-state index >= 15 is 0 Å². The van der Waals surface area contributed by atoms with Crippen molar-refractivity contribution in [1.82, 2.24) is 4.90 Å². The van der Waals surface area contributed by atoms with Gasteiger partial charge in [0.1, 0.15) is 0 Å². The maximum atomic E-state index is 11.6. The molecule has 1 aliphatic heterocycles. The van der Waals surface area contributed by atoms with Crippen molar-refractivity contribution in [3.05, 3.63) is 34.9 Å². The van der Waals surface area contributed by atoms with Gasteiger partial charge < -0.3 is 10.6 Å². The molecular formula is C12H13ClN2O2. The molecule has 0 unspecified atom stereocenters. The second kappa shape index (κ2) is 4.37. The molecule has 0 aromatic heterocycles. The summed E-state index contributed by atoms with van der Waals surface area (Å²) in [4.78, 5) is 24.6. The second-order valence-corrected chi connectivity index (χ2v) is 4.65. The van der Waals surface area contributed by atoms with Gasteiger partial charge in [-0.25, -0.2) is 0 Å². The normalized spacial score (nSPS) is 24.1. The van der Waals surface area contributed by atoms with Crippen molar-refractivity contribution in [2.45, 2.75) is 12.5 Å². The summed E-state index contributed by atoms with van der Waals surface area (Å²) in [5.74, 6) is -1.00. The fourth-order valence-corrected chi connectivity index (χ4v) is 2.47. The first kappa shape index (κ1) is 11.9. The lowest BCUT2D eigenvalue weighted by Crippen LogP contribution is -2.30. The third-order valence-electron chi connectivity index (χ3n) is 3.14. The predicted octanol–water partition coefficient (Wildman–Crippen LogP) is 1.34. The number of nitrogens with two attached hydrogens (primary N) is 1. The van der Waals surface area contributed by atoms with E-state index in [1.165, 1.54) is 0 Å². The van der Waals surface area contributed by atoms with E-state index in [9.17, 15) is 9.59 Å². The lowest BCUT2D eigenvalue weighted by Gasteiger charge is -2.23. The van der Waals surface area contributed by atoms with Crippen molar-refractivity contribution in [1.29, 1.82) is 0 Å². The largest absolute Gasteiger partial charge is 0.369 e. The standard InChI is InChI=1S/C12H13ClN2O2/c1-15-10(16)6-9(12(14)17)11(15)7-3-2-4-8(13)5-7/h2-5,9,11H,6H2,1H3,(H2,14,17)/t9-,11-/m1/s1. The highest BCUT2D eigenvalue weighted by Gasteiger charge is 2.41. The maximum Gasteiger partial charge on any atom is 0.223 e. The summed E-state index contributed by atoms with van der Waals surface area (Å²) in [6.07, 6.45) is 0.170. The molecule has 0 saturated carbocycles. The lowest BCUT2D eigenvalue weighted by atomic mass is 9.93. The minimum Gasteiger partial charge on any atom is -0.369 e. The van der Waals surface area contributed by atoms with Gasteiger partial charge in [0.15, 0.2) is 0 Å². The topological polar surface area (TPSA) is 63.4 Å². The molecule has 17 heavy (non-hydrogen) atoms. The zero-order valence-electron chi connectivity index (χ0n) is 9.39. The molecule has 1 aromatic carbocycles. The SMILES string of the molecule is CN1C(=O)C[C@@H](C(N)=O)[C@H]1c1cccc(Cl)c1. The summed E-state index contributed by atoms with van der Waals surface area (Å²) in [7, 11) is 1.68. The van der Waals surface area contributed by atoms with Crippen LogP contribution in [0, 0.1) is 5.92 Å². The minimum atomic E-state index is -0.481. The molecule has 90 valence electrons. The number of primary amides is 1. The Morgan fingerprint density at radius 3 is 2.82 bits per heavy atom. The van der Waals surface area contributed by atoms with E-state index in [-0.39, 0.29) is 18.4 Å². The Balaban J connectivity index is 2.40. The monoisotopic (exact) mass is 252 g/mol. The van der Waals surface area contributed by atoms with E-state index in [1.807, 2.05) is 6.07 Å². The number of hydrogen-bond donors (Lipinski definition) is 1. The van der Waals surface area contributed by atoms with Crippen LogP contribution >= 0.6 is 11.6 Å². The Morgan fingerprint density at radius 1 is 1.53 bits per heavy atom. The van der Waals surface area contributed by atoms with E-state index < -0.39 is 11.8 Å². The quantitative estimate of drug-likeness (QED) is 0.864. The highest BCUT2D eigenvalue weighted by molar-refractivity contribution is 6.30. The fraction of sp³-hybridized carbons (Fsp3) is 0.333. The zero-order valence-corrected chi connectivity index (χ0v) is 10.1. The van der Waals surface area contributed by atoms with Gasteiger partial charge in [-0.1, -0.05) is 23.7 Å². The first-order chi connectivity index (χ1) is 8.00. The number of carbonyl (C=O) groups excluding carboxylic acids is 2. The molecule has 1 fully saturated rings. The highest BCUT2D eigenvalue weighted by atomic mass is 35.5. The summed E-state index contributed by atoms with van der Waals surface area (Å²) >= 11 is 5.92. The van der Waals surface area contributed by atoms with Gasteiger partial charge in [0.2, 0.25) is 11.8 Å². The maximum absolute atomic E-state index is 11.6. The Hall–Kier alpha value is -1.55. The first-order valence-corrected chi connectivity index (χ1v) is 5.69. The lowest BCUT2D eigenvalue weighted by molar-refractivity contribution is -0.128. The van der Waals surface area contributed by atoms with Gasteiger partial charge in [0, 0.05) is 18.5 Å². The van der Waals surface area contributed by atoms with E-state index in [0.29, 0.717) is 5.02 Å². The molecule has 0 aliphatic carbocycles. The third-order valence-corrected chi connectivity index (χ3v) is 3.38. The summed E-state index contributed by atoms with van der Waals surface area (Å²) in [6, 6.07) is 6.85. The molecule has 2 rings (SSSR count). The van der Waals surface area contributed by atoms with Crippen molar-refractivity contribution < 1.29 is 9.59 Å². The van der Waals surface area contributed by atoms with Gasteiger partial charge in [-0.15, -0.1) is 0 Å². The van der Waals surface area contributed by atoms with E-state index in [1.54, 1.807) is 30.1 Å². The third kappa shape index (κ3) is 2.13. The van der Waals surface area contributed by atoms with E-state index in [2.05, 4.69) is 0 Å². The van der Waals surface area contributed by atoms with Crippen molar-refractivity contribution in [3.63, 3.8) is 0 Å². The number of amides is 2. The van der Waals surface area contributed by atoms with Crippen molar-refractivity contribution in [2.24, 2.45) is 11.7 Å². The first-order valence-electron chi connectivity index (χ1n) is 5.31. The van der Waals surface area contributed by atoms with Crippen LogP contribution in [-0.2, 0) is 9.59 Å². The fourth-order valence-electron chi connectivity index (χ4n) is 2.27. The molecule has 1 saturated heterocycles. The molecule has 1 aromatic rings. The molecule has 2 atom stereocenters. The van der Waals surface area contributed by atoms with Crippen LogP contribution in [0.15, 0.2) is 24.3 Å². The van der Waals surface area contributed by atoms with Crippen molar-refractivity contribution in [2.75, 3.05) is 7.05 Å². The van der Waals surface area contributed by atoms with Crippen LogP contribution in [0.3, 0.4) is 0 Å². The molecular weight excluding hydrogens is 240 g/mol. The number of likely N-dealkylation sites (tertiary alicyclic amines) is 1. The van der Waals surface area contributed by atoms with Gasteiger partial charge in [-0.3, -0.25) is 9.59 Å². The zero-order chi connectivity index (χ0) is 12.6. The van der Waals surface area contributed by atoms with Crippen LogP contribution in [0.25, 0.3) is 0 Å². The van der Waals surface area contributed by atoms with E-state index in [4.69, 9.17) is 17.3 Å².